The van der Waals surface area contributed by atoms with E-state index >= 15 is 0 Å². The highest BCUT2D eigenvalue weighted by atomic mass is 32.2. The van der Waals surface area contributed by atoms with E-state index < -0.39 is 44.1 Å². The van der Waals surface area contributed by atoms with Crippen molar-refractivity contribution in [2.24, 2.45) is 0 Å². The average Bonchev–Trinajstić information content (AvgIpc) is 2.95. The van der Waals surface area contributed by atoms with Crippen molar-refractivity contribution in [2.45, 2.75) is 87.2 Å². The Morgan fingerprint density at radius 2 is 1.54 bits per heavy atom. The van der Waals surface area contributed by atoms with Crippen LogP contribution in [0.2, 0.25) is 18.1 Å². The Bertz CT molecular complexity index is 1250. The predicted molar refractivity (Wildman–Crippen MR) is 166 cm³/mol. The van der Waals surface area contributed by atoms with Gasteiger partial charge in [0.05, 0.1) is 18.8 Å². The average molecular weight is 595 g/mol. The van der Waals surface area contributed by atoms with Crippen LogP contribution >= 0.6 is 11.8 Å². The van der Waals surface area contributed by atoms with Crippen LogP contribution in [-0.4, -0.2) is 55.9 Å². The van der Waals surface area contributed by atoms with Crippen LogP contribution in [0.25, 0.3) is 0 Å². The van der Waals surface area contributed by atoms with E-state index in [9.17, 15) is 9.90 Å². The molecule has 4 rings (SSSR count). The zero-order valence-electron chi connectivity index (χ0n) is 24.8. The molecule has 220 valence electrons. The number of hydrogen-bond donors (Lipinski definition) is 1. The van der Waals surface area contributed by atoms with E-state index in [0.717, 1.165) is 16.0 Å². The first-order valence-electron chi connectivity index (χ1n) is 14.1. The van der Waals surface area contributed by atoms with Crippen LogP contribution in [-0.2, 0) is 25.2 Å². The number of thioether (sulfide) groups is 1. The lowest BCUT2D eigenvalue weighted by molar-refractivity contribution is -0.222. The van der Waals surface area contributed by atoms with E-state index in [-0.39, 0.29) is 18.3 Å². The molecule has 1 N–H and O–H groups in total. The second-order valence-corrected chi connectivity index (χ2v) is 18.0. The van der Waals surface area contributed by atoms with E-state index in [4.69, 9.17) is 18.6 Å². The molecule has 1 aliphatic rings. The standard InChI is InChI=1S/C33H42O6SSi/c1-23-17-19-26(20-18-23)40-32-30(39-31(35)25-15-11-8-12-16-25)29(36-21-24-13-9-7-10-14-24)28(34)27(38-32)22-37-41(5,6)33(2,3)4/h7-20,27-30,32,34H,21-22H2,1-6H3/t27-,28+,29-,30+,32-/m0/s1. The Hall–Kier alpha value is -2.46. The van der Waals surface area contributed by atoms with Crippen molar-refractivity contribution in [3.05, 3.63) is 102 Å². The molecular weight excluding hydrogens is 553 g/mol. The zero-order valence-corrected chi connectivity index (χ0v) is 26.6. The first kappa shape index (κ1) is 31.5. The Morgan fingerprint density at radius 3 is 2.15 bits per heavy atom. The molecule has 0 spiro atoms. The molecule has 0 aromatic heterocycles. The largest absolute Gasteiger partial charge is 0.452 e. The minimum atomic E-state index is -2.13. The molecule has 1 heterocycles. The second kappa shape index (κ2) is 13.7. The number of aryl methyl sites for hydroxylation is 1. The van der Waals surface area contributed by atoms with E-state index in [0.29, 0.717) is 5.56 Å². The molecule has 0 bridgehead atoms. The fourth-order valence-electron chi connectivity index (χ4n) is 4.23. The van der Waals surface area contributed by atoms with Crippen LogP contribution < -0.4 is 0 Å². The first-order valence-corrected chi connectivity index (χ1v) is 17.9. The number of aliphatic hydroxyl groups excluding tert-OH is 1. The molecule has 0 radical (unpaired) electrons. The van der Waals surface area contributed by atoms with E-state index in [1.54, 1.807) is 24.3 Å². The van der Waals surface area contributed by atoms with Crippen molar-refractivity contribution in [1.82, 2.24) is 0 Å². The number of carbonyl (C=O) groups is 1. The number of ether oxygens (including phenoxy) is 3. The quantitative estimate of drug-likeness (QED) is 0.200. The highest BCUT2D eigenvalue weighted by molar-refractivity contribution is 7.99. The van der Waals surface area contributed by atoms with Gasteiger partial charge < -0.3 is 23.7 Å². The molecule has 1 aliphatic heterocycles. The van der Waals surface area contributed by atoms with Crippen LogP contribution in [0.1, 0.15) is 42.3 Å². The maximum atomic E-state index is 13.3. The van der Waals surface area contributed by atoms with Crippen LogP contribution in [0.5, 0.6) is 0 Å². The lowest BCUT2D eigenvalue weighted by Gasteiger charge is -2.45. The van der Waals surface area contributed by atoms with Gasteiger partial charge in [-0.3, -0.25) is 0 Å². The number of aliphatic hydroxyl groups is 1. The van der Waals surface area contributed by atoms with Gasteiger partial charge in [0.15, 0.2) is 14.4 Å². The molecule has 0 unspecified atom stereocenters. The molecule has 0 amide bonds. The van der Waals surface area contributed by atoms with Crippen molar-refractivity contribution >= 4 is 26.0 Å². The van der Waals surface area contributed by atoms with Crippen molar-refractivity contribution in [3.63, 3.8) is 0 Å². The van der Waals surface area contributed by atoms with Gasteiger partial charge in [0, 0.05) is 4.90 Å². The summed E-state index contributed by atoms with van der Waals surface area (Å²) in [6.45, 7) is 13.4. The van der Waals surface area contributed by atoms with Gasteiger partial charge in [-0.25, -0.2) is 4.79 Å². The Kier molecular flexibility index (Phi) is 10.5. The molecule has 5 atom stereocenters. The fourth-order valence-corrected chi connectivity index (χ4v) is 6.35. The predicted octanol–water partition coefficient (Wildman–Crippen LogP) is 7.01. The summed E-state index contributed by atoms with van der Waals surface area (Å²) in [4.78, 5) is 14.2. The molecule has 0 aliphatic carbocycles. The van der Waals surface area contributed by atoms with Gasteiger partial charge in [0.25, 0.3) is 0 Å². The molecule has 3 aromatic carbocycles. The van der Waals surface area contributed by atoms with Gasteiger partial charge in [-0.15, -0.1) is 0 Å². The van der Waals surface area contributed by atoms with Crippen LogP contribution in [0, 0.1) is 6.92 Å². The number of esters is 1. The van der Waals surface area contributed by atoms with Gasteiger partial charge in [-0.2, -0.15) is 0 Å². The third-order valence-electron chi connectivity index (χ3n) is 7.84. The summed E-state index contributed by atoms with van der Waals surface area (Å²) in [7, 11) is -2.13. The van der Waals surface area contributed by atoms with Gasteiger partial charge in [0.1, 0.15) is 23.7 Å². The summed E-state index contributed by atoms with van der Waals surface area (Å²) in [5.74, 6) is -0.495. The Balaban J connectivity index is 1.65. The van der Waals surface area contributed by atoms with E-state index in [1.165, 1.54) is 11.8 Å². The van der Waals surface area contributed by atoms with Crippen molar-refractivity contribution in [1.29, 1.82) is 0 Å². The summed E-state index contributed by atoms with van der Waals surface area (Å²) in [6.07, 6.45) is -3.46. The Labute approximate surface area is 249 Å². The highest BCUT2D eigenvalue weighted by Crippen LogP contribution is 2.40. The third kappa shape index (κ3) is 8.31. The van der Waals surface area contributed by atoms with E-state index in [2.05, 4.69) is 33.9 Å². The summed E-state index contributed by atoms with van der Waals surface area (Å²) in [5.41, 5.74) is 1.89. The fraction of sp³-hybridized carbons (Fsp3) is 0.424. The summed E-state index contributed by atoms with van der Waals surface area (Å²) < 4.78 is 25.5. The molecule has 8 heteroatoms. The zero-order chi connectivity index (χ0) is 29.6. The highest BCUT2D eigenvalue weighted by Gasteiger charge is 2.50. The molecule has 41 heavy (non-hydrogen) atoms. The van der Waals surface area contributed by atoms with Gasteiger partial charge in [-0.05, 0) is 54.9 Å². The van der Waals surface area contributed by atoms with Crippen LogP contribution in [0.3, 0.4) is 0 Å². The van der Waals surface area contributed by atoms with Crippen LogP contribution in [0.15, 0.2) is 89.8 Å². The van der Waals surface area contributed by atoms with Crippen molar-refractivity contribution in [3.8, 4) is 0 Å². The smallest absolute Gasteiger partial charge is 0.338 e. The molecule has 6 nitrogen and oxygen atoms in total. The minimum Gasteiger partial charge on any atom is -0.452 e. The summed E-state index contributed by atoms with van der Waals surface area (Å²) >= 11 is 1.45. The Morgan fingerprint density at radius 1 is 0.927 bits per heavy atom. The molecule has 0 saturated carbocycles. The normalized spacial score (nSPS) is 23.2. The lowest BCUT2D eigenvalue weighted by Crippen LogP contribution is -2.60. The molecule has 1 saturated heterocycles. The first-order chi connectivity index (χ1) is 19.4. The van der Waals surface area contributed by atoms with E-state index in [1.807, 2.05) is 67.6 Å². The maximum absolute atomic E-state index is 13.3. The summed E-state index contributed by atoms with van der Waals surface area (Å²) in [6, 6.07) is 26.7. The number of benzene rings is 3. The number of carbonyl (C=O) groups excluding carboxylic acids is 1. The SMILES string of the molecule is Cc1ccc(S[C@@H]2O[C@@H](CO[Si](C)(C)C(C)(C)C)[C@@H](O)[C@H](OCc3ccccc3)[C@H]2OC(=O)c2ccccc2)cc1. The van der Waals surface area contributed by atoms with Gasteiger partial charge in [0.2, 0.25) is 0 Å². The summed E-state index contributed by atoms with van der Waals surface area (Å²) in [5, 5.41) is 11.7. The van der Waals surface area contributed by atoms with Crippen molar-refractivity contribution in [2.75, 3.05) is 6.61 Å². The van der Waals surface area contributed by atoms with Crippen molar-refractivity contribution < 1.29 is 28.5 Å². The third-order valence-corrected chi connectivity index (χ3v) is 13.5. The molecular formula is C33H42O6SSi. The van der Waals surface area contributed by atoms with Crippen LogP contribution in [0.4, 0.5) is 0 Å². The number of hydrogen-bond acceptors (Lipinski definition) is 7. The second-order valence-electron chi connectivity index (χ2n) is 12.0. The van der Waals surface area contributed by atoms with Gasteiger partial charge >= 0.3 is 5.97 Å². The lowest BCUT2D eigenvalue weighted by atomic mass is 9.99. The van der Waals surface area contributed by atoms with Gasteiger partial charge in [-0.1, -0.05) is 98.8 Å². The molecule has 3 aromatic rings. The number of rotatable bonds is 10. The monoisotopic (exact) mass is 594 g/mol. The topological polar surface area (TPSA) is 74.2 Å². The molecule has 1 fully saturated rings. The maximum Gasteiger partial charge on any atom is 0.338 e. The minimum absolute atomic E-state index is 0.000368.